The van der Waals surface area contributed by atoms with Crippen LogP contribution >= 0.6 is 0 Å². The van der Waals surface area contributed by atoms with Crippen LogP contribution in [0.4, 0.5) is 0 Å². The molecule has 0 aliphatic heterocycles. The highest BCUT2D eigenvalue weighted by atomic mass is 16.3. The number of hydrogen-bond acceptors (Lipinski definition) is 3. The number of allylic oxidation sites excluding steroid dienone is 1. The summed E-state index contributed by atoms with van der Waals surface area (Å²) in [5, 5.41) is 18.6. The van der Waals surface area contributed by atoms with Crippen molar-refractivity contribution >= 4 is 11.9 Å². The van der Waals surface area contributed by atoms with Gasteiger partial charge in [0.25, 0.3) is 0 Å². The fourth-order valence-corrected chi connectivity index (χ4v) is 2.17. The van der Waals surface area contributed by atoms with Gasteiger partial charge in [0.2, 0.25) is 0 Å². The van der Waals surface area contributed by atoms with Crippen LogP contribution in [0.25, 0.3) is 6.08 Å². The topological polar surface area (TPSA) is 57.5 Å². The number of phenols is 2. The standard InChI is InChI=1S/C18H26O3/c1-2-3-4-5-6-7-8-9-16(19)12-10-15-11-13-17(20)18(21)14-15/h10-14,20-21H,2-9H2,1H3/b12-10+. The predicted molar refractivity (Wildman–Crippen MR) is 86.4 cm³/mol. The van der Waals surface area contributed by atoms with E-state index in [1.807, 2.05) is 0 Å². The second-order valence-electron chi connectivity index (χ2n) is 5.42. The highest BCUT2D eigenvalue weighted by molar-refractivity contribution is 5.93. The summed E-state index contributed by atoms with van der Waals surface area (Å²) in [4.78, 5) is 11.7. The van der Waals surface area contributed by atoms with Gasteiger partial charge < -0.3 is 10.2 Å². The fourth-order valence-electron chi connectivity index (χ4n) is 2.17. The zero-order valence-electron chi connectivity index (χ0n) is 12.8. The highest BCUT2D eigenvalue weighted by Crippen LogP contribution is 2.25. The Hall–Kier alpha value is -1.77. The van der Waals surface area contributed by atoms with Crippen LogP contribution in [-0.4, -0.2) is 16.0 Å². The number of benzene rings is 1. The zero-order chi connectivity index (χ0) is 15.5. The molecule has 116 valence electrons. The number of rotatable bonds is 10. The van der Waals surface area contributed by atoms with Gasteiger partial charge in [-0.05, 0) is 30.2 Å². The van der Waals surface area contributed by atoms with E-state index in [1.165, 1.54) is 44.2 Å². The summed E-state index contributed by atoms with van der Waals surface area (Å²) in [6.45, 7) is 2.21. The maximum Gasteiger partial charge on any atom is 0.157 e. The smallest absolute Gasteiger partial charge is 0.157 e. The lowest BCUT2D eigenvalue weighted by Gasteiger charge is -2.00. The molecule has 0 spiro atoms. The molecule has 0 saturated heterocycles. The molecule has 0 atom stereocenters. The minimum atomic E-state index is -0.170. The Bertz CT molecular complexity index is 464. The Kier molecular flexibility index (Phi) is 8.25. The van der Waals surface area contributed by atoms with Gasteiger partial charge in [0.1, 0.15) is 0 Å². The van der Waals surface area contributed by atoms with Gasteiger partial charge in [-0.2, -0.15) is 0 Å². The van der Waals surface area contributed by atoms with Crippen molar-refractivity contribution in [2.24, 2.45) is 0 Å². The van der Waals surface area contributed by atoms with Gasteiger partial charge in [0, 0.05) is 6.42 Å². The zero-order valence-corrected chi connectivity index (χ0v) is 12.8. The summed E-state index contributed by atoms with van der Waals surface area (Å²) >= 11 is 0. The van der Waals surface area contributed by atoms with Gasteiger partial charge in [0.05, 0.1) is 0 Å². The van der Waals surface area contributed by atoms with Crippen LogP contribution in [-0.2, 0) is 4.79 Å². The van der Waals surface area contributed by atoms with E-state index in [2.05, 4.69) is 6.92 Å². The molecule has 0 saturated carbocycles. The van der Waals surface area contributed by atoms with E-state index in [4.69, 9.17) is 0 Å². The SMILES string of the molecule is CCCCCCCCCC(=O)/C=C/c1ccc(O)c(O)c1. The van der Waals surface area contributed by atoms with Crippen LogP contribution in [0, 0.1) is 0 Å². The summed E-state index contributed by atoms with van der Waals surface area (Å²) in [5.74, 6) is -0.214. The third-order valence-corrected chi connectivity index (χ3v) is 3.49. The van der Waals surface area contributed by atoms with Crippen molar-refractivity contribution in [3.05, 3.63) is 29.8 Å². The molecule has 0 bridgehead atoms. The maximum atomic E-state index is 11.7. The molecule has 0 aromatic heterocycles. The van der Waals surface area contributed by atoms with Gasteiger partial charge in [-0.3, -0.25) is 4.79 Å². The summed E-state index contributed by atoms with van der Waals surface area (Å²) in [6, 6.07) is 4.51. The van der Waals surface area contributed by atoms with E-state index in [1.54, 1.807) is 18.2 Å². The summed E-state index contributed by atoms with van der Waals surface area (Å²) in [6.07, 6.45) is 12.2. The summed E-state index contributed by atoms with van der Waals surface area (Å²) in [5.41, 5.74) is 0.707. The van der Waals surface area contributed by atoms with Crippen LogP contribution in [0.2, 0.25) is 0 Å². The molecule has 21 heavy (non-hydrogen) atoms. The molecule has 1 aromatic carbocycles. The first-order valence-electron chi connectivity index (χ1n) is 7.86. The lowest BCUT2D eigenvalue weighted by molar-refractivity contribution is -0.114. The minimum absolute atomic E-state index is 0.108. The Morgan fingerprint density at radius 2 is 1.67 bits per heavy atom. The van der Waals surface area contributed by atoms with E-state index in [9.17, 15) is 15.0 Å². The molecule has 0 fully saturated rings. The molecular weight excluding hydrogens is 264 g/mol. The second-order valence-corrected chi connectivity index (χ2v) is 5.42. The van der Waals surface area contributed by atoms with Gasteiger partial charge in [-0.25, -0.2) is 0 Å². The highest BCUT2D eigenvalue weighted by Gasteiger charge is 2.00. The molecule has 0 amide bonds. The number of aromatic hydroxyl groups is 2. The van der Waals surface area contributed by atoms with Crippen LogP contribution in [0.3, 0.4) is 0 Å². The van der Waals surface area contributed by atoms with E-state index in [0.717, 1.165) is 12.8 Å². The average molecular weight is 290 g/mol. The lowest BCUT2D eigenvalue weighted by atomic mass is 10.1. The first-order chi connectivity index (χ1) is 10.1. The number of ketones is 1. The molecule has 1 rings (SSSR count). The lowest BCUT2D eigenvalue weighted by Crippen LogP contribution is -1.92. The largest absolute Gasteiger partial charge is 0.504 e. The monoisotopic (exact) mass is 290 g/mol. The number of phenolic OH excluding ortho intramolecular Hbond substituents is 2. The maximum absolute atomic E-state index is 11.7. The van der Waals surface area contributed by atoms with Gasteiger partial charge in [-0.15, -0.1) is 0 Å². The summed E-state index contributed by atoms with van der Waals surface area (Å²) < 4.78 is 0. The van der Waals surface area contributed by atoms with Gasteiger partial charge in [-0.1, -0.05) is 57.6 Å². The molecule has 3 nitrogen and oxygen atoms in total. The van der Waals surface area contributed by atoms with Crippen LogP contribution in [0.15, 0.2) is 24.3 Å². The molecule has 0 unspecified atom stereocenters. The molecule has 0 heterocycles. The quantitative estimate of drug-likeness (QED) is 0.369. The third kappa shape index (κ3) is 7.54. The Morgan fingerprint density at radius 3 is 2.33 bits per heavy atom. The van der Waals surface area contributed by atoms with E-state index in [-0.39, 0.29) is 17.3 Å². The van der Waals surface area contributed by atoms with Crippen molar-refractivity contribution in [2.45, 2.75) is 58.3 Å². The van der Waals surface area contributed by atoms with Gasteiger partial charge >= 0.3 is 0 Å². The molecule has 3 heteroatoms. The Morgan fingerprint density at radius 1 is 1.00 bits per heavy atom. The normalized spacial score (nSPS) is 11.1. The Balaban J connectivity index is 2.21. The number of carbonyl (C=O) groups excluding carboxylic acids is 1. The second kappa shape index (κ2) is 10.0. The first kappa shape index (κ1) is 17.3. The number of hydrogen-bond donors (Lipinski definition) is 2. The van der Waals surface area contributed by atoms with Crippen LogP contribution in [0.5, 0.6) is 11.5 Å². The van der Waals surface area contributed by atoms with Crippen molar-refractivity contribution in [2.75, 3.05) is 0 Å². The first-order valence-corrected chi connectivity index (χ1v) is 7.86. The van der Waals surface area contributed by atoms with E-state index >= 15 is 0 Å². The number of unbranched alkanes of at least 4 members (excludes halogenated alkanes) is 6. The van der Waals surface area contributed by atoms with Crippen molar-refractivity contribution in [3.8, 4) is 11.5 Å². The average Bonchev–Trinajstić information content (AvgIpc) is 2.47. The van der Waals surface area contributed by atoms with Crippen molar-refractivity contribution in [1.29, 1.82) is 0 Å². The Labute approximate surface area is 127 Å². The van der Waals surface area contributed by atoms with Crippen molar-refractivity contribution < 1.29 is 15.0 Å². The predicted octanol–water partition coefficient (Wildman–Crippen LogP) is 4.82. The summed E-state index contributed by atoms with van der Waals surface area (Å²) in [7, 11) is 0. The van der Waals surface area contributed by atoms with Crippen LogP contribution in [0.1, 0.15) is 63.9 Å². The van der Waals surface area contributed by atoms with Crippen molar-refractivity contribution in [3.63, 3.8) is 0 Å². The van der Waals surface area contributed by atoms with E-state index in [0.29, 0.717) is 12.0 Å². The molecule has 2 N–H and O–H groups in total. The fraction of sp³-hybridized carbons (Fsp3) is 0.500. The third-order valence-electron chi connectivity index (χ3n) is 3.49. The molecule has 1 aromatic rings. The van der Waals surface area contributed by atoms with Crippen molar-refractivity contribution in [1.82, 2.24) is 0 Å². The molecule has 0 aliphatic carbocycles. The van der Waals surface area contributed by atoms with E-state index < -0.39 is 0 Å². The van der Waals surface area contributed by atoms with Gasteiger partial charge in [0.15, 0.2) is 17.3 Å². The van der Waals surface area contributed by atoms with Crippen LogP contribution < -0.4 is 0 Å². The minimum Gasteiger partial charge on any atom is -0.504 e. The molecule has 0 aliphatic rings. The molecule has 0 radical (unpaired) electrons. The number of carbonyl (C=O) groups is 1. The molecular formula is C18H26O3.